The zero-order valence-electron chi connectivity index (χ0n) is 20.2. The third-order valence-corrected chi connectivity index (χ3v) is 6.67. The molecule has 198 valence electrons. The Hall–Kier alpha value is -3.74. The average Bonchev–Trinajstić information content (AvgIpc) is 3.34. The number of nitrogens with zero attached hydrogens (tertiary/aromatic N) is 6. The molecule has 1 aromatic carbocycles. The minimum atomic E-state index is -5.08. The van der Waals surface area contributed by atoms with Crippen molar-refractivity contribution in [1.29, 1.82) is 0 Å². The second kappa shape index (κ2) is 10.7. The topological polar surface area (TPSA) is 114 Å². The minimum Gasteiger partial charge on any atom is -0.475 e. The van der Waals surface area contributed by atoms with E-state index >= 15 is 0 Å². The van der Waals surface area contributed by atoms with E-state index < -0.39 is 12.1 Å². The first-order chi connectivity index (χ1) is 17.6. The lowest BCUT2D eigenvalue weighted by atomic mass is 9.77. The van der Waals surface area contributed by atoms with Crippen molar-refractivity contribution in [3.05, 3.63) is 48.5 Å². The molecule has 2 fully saturated rings. The third kappa shape index (κ3) is 5.66. The summed E-state index contributed by atoms with van der Waals surface area (Å²) in [5, 5.41) is 11.4. The highest BCUT2D eigenvalue weighted by Crippen LogP contribution is 2.42. The summed E-state index contributed by atoms with van der Waals surface area (Å²) in [6.45, 7) is 3.63. The number of amides is 1. The van der Waals surface area contributed by atoms with Gasteiger partial charge in [-0.25, -0.2) is 4.79 Å². The molecular formula is C24H27F3N6O4. The first-order valence-corrected chi connectivity index (χ1v) is 11.7. The standard InChI is InChI=1S/C22H26N6O2.C2HF3O2/c1-30-14-13-28-20(5-8-25-28)21(29)26-11-2-6-22(16-26)7-12-27(22)17-3-4-18-19(15-17)24-10-9-23-18;3-2(4,5)1(6)7/h3-5,8-10,15H,2,6-7,11-14,16H2,1H3;(H,6,7). The maximum atomic E-state index is 13.3. The quantitative estimate of drug-likeness (QED) is 0.546. The number of aromatic nitrogens is 4. The number of carboxylic acid groups (broad SMARTS) is 1. The fraction of sp³-hybridized carbons (Fsp3) is 0.458. The predicted molar refractivity (Wildman–Crippen MR) is 127 cm³/mol. The highest BCUT2D eigenvalue weighted by atomic mass is 19.4. The van der Waals surface area contributed by atoms with Crippen LogP contribution in [0.15, 0.2) is 42.9 Å². The van der Waals surface area contributed by atoms with Crippen LogP contribution < -0.4 is 4.90 Å². The van der Waals surface area contributed by atoms with Gasteiger partial charge in [0.15, 0.2) is 0 Å². The number of aliphatic carboxylic acids is 1. The average molecular weight is 521 g/mol. The summed E-state index contributed by atoms with van der Waals surface area (Å²) >= 11 is 0. The molecule has 1 N–H and O–H groups in total. The summed E-state index contributed by atoms with van der Waals surface area (Å²) in [5.74, 6) is -2.70. The van der Waals surface area contributed by atoms with Gasteiger partial charge < -0.3 is 19.6 Å². The Morgan fingerprint density at radius 2 is 1.81 bits per heavy atom. The molecule has 1 amide bonds. The van der Waals surface area contributed by atoms with Crippen molar-refractivity contribution in [2.24, 2.45) is 0 Å². The Morgan fingerprint density at radius 1 is 1.08 bits per heavy atom. The zero-order chi connectivity index (χ0) is 26.6. The van der Waals surface area contributed by atoms with Crippen molar-refractivity contribution < 1.29 is 32.6 Å². The molecule has 0 bridgehead atoms. The predicted octanol–water partition coefficient (Wildman–Crippen LogP) is 2.99. The van der Waals surface area contributed by atoms with E-state index in [0.29, 0.717) is 18.8 Å². The van der Waals surface area contributed by atoms with Crippen LogP contribution in [0.4, 0.5) is 18.9 Å². The van der Waals surface area contributed by atoms with E-state index in [-0.39, 0.29) is 11.4 Å². The lowest BCUT2D eigenvalue weighted by molar-refractivity contribution is -0.192. The minimum absolute atomic E-state index is 0.00117. The maximum Gasteiger partial charge on any atom is 0.490 e. The number of halogens is 3. The highest BCUT2D eigenvalue weighted by molar-refractivity contribution is 5.92. The number of carboxylic acids is 1. The number of hydrogen-bond acceptors (Lipinski definition) is 7. The molecule has 4 heterocycles. The molecule has 10 nitrogen and oxygen atoms in total. The van der Waals surface area contributed by atoms with Gasteiger partial charge in [0.25, 0.3) is 5.91 Å². The van der Waals surface area contributed by atoms with Gasteiger partial charge in [0.1, 0.15) is 5.69 Å². The van der Waals surface area contributed by atoms with Crippen LogP contribution in [0.25, 0.3) is 11.0 Å². The molecule has 2 aromatic heterocycles. The normalized spacial score (nSPS) is 19.4. The van der Waals surface area contributed by atoms with E-state index in [1.807, 2.05) is 11.0 Å². The summed E-state index contributed by atoms with van der Waals surface area (Å²) in [4.78, 5) is 35.4. The zero-order valence-corrected chi connectivity index (χ0v) is 20.2. The molecule has 2 aliphatic rings. The Balaban J connectivity index is 0.000000405. The number of benzene rings is 1. The number of carbonyl (C=O) groups is 2. The summed E-state index contributed by atoms with van der Waals surface area (Å²) in [6, 6.07) is 8.08. The molecule has 1 unspecified atom stereocenters. The molecular weight excluding hydrogens is 493 g/mol. The largest absolute Gasteiger partial charge is 0.490 e. The Morgan fingerprint density at radius 3 is 2.46 bits per heavy atom. The number of ether oxygens (including phenoxy) is 1. The van der Waals surface area contributed by atoms with Crippen LogP contribution >= 0.6 is 0 Å². The first kappa shape index (κ1) is 26.3. The van der Waals surface area contributed by atoms with Crippen molar-refractivity contribution in [1.82, 2.24) is 24.6 Å². The highest BCUT2D eigenvalue weighted by Gasteiger charge is 2.48. The molecule has 37 heavy (non-hydrogen) atoms. The molecule has 1 atom stereocenters. The van der Waals surface area contributed by atoms with Gasteiger partial charge in [0.05, 0.1) is 29.7 Å². The monoisotopic (exact) mass is 520 g/mol. The Labute approximate surface area is 210 Å². The molecule has 0 saturated carbocycles. The van der Waals surface area contributed by atoms with Gasteiger partial charge in [0, 0.05) is 51.0 Å². The van der Waals surface area contributed by atoms with Crippen molar-refractivity contribution in [3.8, 4) is 0 Å². The Kier molecular flexibility index (Phi) is 7.62. The van der Waals surface area contributed by atoms with Crippen molar-refractivity contribution in [2.45, 2.75) is 37.5 Å². The van der Waals surface area contributed by atoms with Crippen LogP contribution in [0.2, 0.25) is 0 Å². The van der Waals surface area contributed by atoms with Gasteiger partial charge in [-0.3, -0.25) is 19.4 Å². The summed E-state index contributed by atoms with van der Waals surface area (Å²) in [5.41, 5.74) is 3.61. The fourth-order valence-corrected chi connectivity index (χ4v) is 4.80. The van der Waals surface area contributed by atoms with Crippen LogP contribution in [-0.4, -0.2) is 86.7 Å². The van der Waals surface area contributed by atoms with Crippen molar-refractivity contribution >= 4 is 28.6 Å². The van der Waals surface area contributed by atoms with Crippen LogP contribution in [-0.2, 0) is 16.1 Å². The SMILES string of the molecule is COCCn1nccc1C(=O)N1CCCC2(CCN2c2ccc3nccnc3c2)C1.O=C(O)C(F)(F)F. The number of hydrogen-bond donors (Lipinski definition) is 1. The smallest absolute Gasteiger partial charge is 0.475 e. The number of piperidine rings is 1. The molecule has 3 aromatic rings. The van der Waals surface area contributed by atoms with Crippen molar-refractivity contribution in [2.75, 3.05) is 38.3 Å². The van der Waals surface area contributed by atoms with Crippen LogP contribution in [0, 0.1) is 0 Å². The number of anilines is 1. The van der Waals surface area contributed by atoms with Gasteiger partial charge in [-0.1, -0.05) is 0 Å². The number of carbonyl (C=O) groups excluding carboxylic acids is 1. The van der Waals surface area contributed by atoms with E-state index in [1.54, 1.807) is 36.4 Å². The van der Waals surface area contributed by atoms with Crippen LogP contribution in [0.5, 0.6) is 0 Å². The molecule has 0 radical (unpaired) electrons. The molecule has 2 saturated heterocycles. The molecule has 13 heteroatoms. The van der Waals surface area contributed by atoms with Crippen LogP contribution in [0.1, 0.15) is 29.8 Å². The van der Waals surface area contributed by atoms with Gasteiger partial charge in [0.2, 0.25) is 0 Å². The van der Waals surface area contributed by atoms with Gasteiger partial charge in [-0.05, 0) is 43.5 Å². The number of rotatable bonds is 5. The van der Waals surface area contributed by atoms with E-state index in [1.165, 1.54) is 0 Å². The lowest BCUT2D eigenvalue weighted by Crippen LogP contribution is -2.68. The first-order valence-electron chi connectivity index (χ1n) is 11.7. The van der Waals surface area contributed by atoms with Crippen molar-refractivity contribution in [3.63, 3.8) is 0 Å². The van der Waals surface area contributed by atoms with E-state index in [4.69, 9.17) is 14.6 Å². The second-order valence-electron chi connectivity index (χ2n) is 8.92. The van der Waals surface area contributed by atoms with E-state index in [2.05, 4.69) is 32.1 Å². The number of alkyl halides is 3. The summed E-state index contributed by atoms with van der Waals surface area (Å²) < 4.78 is 38.6. The molecule has 0 aliphatic carbocycles. The molecule has 5 rings (SSSR count). The van der Waals surface area contributed by atoms with E-state index in [9.17, 15) is 18.0 Å². The van der Waals surface area contributed by atoms with Gasteiger partial charge in [-0.15, -0.1) is 0 Å². The molecule has 2 aliphatic heterocycles. The summed E-state index contributed by atoms with van der Waals surface area (Å²) in [7, 11) is 1.66. The number of fused-ring (bicyclic) bond motifs is 1. The maximum absolute atomic E-state index is 13.3. The van der Waals surface area contributed by atoms with Gasteiger partial charge >= 0.3 is 12.1 Å². The molecule has 1 spiro atoms. The second-order valence-corrected chi connectivity index (χ2v) is 8.92. The summed E-state index contributed by atoms with van der Waals surface area (Å²) in [6.07, 6.45) is 3.24. The Bertz CT molecular complexity index is 1270. The number of likely N-dealkylation sites (tertiary alicyclic amines) is 1. The van der Waals surface area contributed by atoms with Crippen LogP contribution in [0.3, 0.4) is 0 Å². The van der Waals surface area contributed by atoms with Gasteiger partial charge in [-0.2, -0.15) is 18.3 Å². The number of methoxy groups -OCH3 is 1. The fourth-order valence-electron chi connectivity index (χ4n) is 4.80. The van der Waals surface area contributed by atoms with E-state index in [0.717, 1.165) is 55.6 Å². The third-order valence-electron chi connectivity index (χ3n) is 6.67. The lowest BCUT2D eigenvalue weighted by Gasteiger charge is -2.58.